The van der Waals surface area contributed by atoms with Gasteiger partial charge in [-0.3, -0.25) is 4.68 Å². The van der Waals surface area contributed by atoms with E-state index in [1.807, 2.05) is 42.3 Å². The summed E-state index contributed by atoms with van der Waals surface area (Å²) >= 11 is 1.78. The second-order valence-corrected chi connectivity index (χ2v) is 4.63. The van der Waals surface area contributed by atoms with E-state index in [9.17, 15) is 0 Å². The Morgan fingerprint density at radius 2 is 2.25 bits per heavy atom. The van der Waals surface area contributed by atoms with Gasteiger partial charge in [-0.1, -0.05) is 0 Å². The Morgan fingerprint density at radius 1 is 1.38 bits per heavy atom. The van der Waals surface area contributed by atoms with Gasteiger partial charge in [0, 0.05) is 35.8 Å². The molecule has 0 aromatic carbocycles. The molecule has 2 N–H and O–H groups in total. The Bertz CT molecular complexity index is 449. The van der Waals surface area contributed by atoms with Gasteiger partial charge in [-0.2, -0.15) is 5.10 Å². The summed E-state index contributed by atoms with van der Waals surface area (Å²) in [5.74, 6) is 1.58. The van der Waals surface area contributed by atoms with Crippen LogP contribution in [0.5, 0.6) is 0 Å². The molecule has 0 atom stereocenters. The Balaban J connectivity index is 1.84. The van der Waals surface area contributed by atoms with Crippen molar-refractivity contribution in [2.75, 3.05) is 11.5 Å². The zero-order chi connectivity index (χ0) is 11.4. The molecule has 0 aliphatic heterocycles. The standard InChI is InChI=1S/C11H14N4S/c1-15-9(4-6-14-15)5-7-16-10-2-3-11(12)13-8-10/h2-4,6,8H,5,7H2,1H3,(H2,12,13). The number of nitrogens with zero attached hydrogens (tertiary/aromatic N) is 3. The van der Waals surface area contributed by atoms with Crippen LogP contribution in [0.3, 0.4) is 0 Å². The highest BCUT2D eigenvalue weighted by molar-refractivity contribution is 7.99. The first-order chi connectivity index (χ1) is 7.75. The topological polar surface area (TPSA) is 56.7 Å². The summed E-state index contributed by atoms with van der Waals surface area (Å²) in [5.41, 5.74) is 6.77. The van der Waals surface area contributed by atoms with Crippen molar-refractivity contribution in [3.8, 4) is 0 Å². The van der Waals surface area contributed by atoms with Crippen LogP contribution in [0.4, 0.5) is 5.82 Å². The molecule has 2 aromatic heterocycles. The first-order valence-electron chi connectivity index (χ1n) is 5.07. The lowest BCUT2D eigenvalue weighted by Gasteiger charge is -2.02. The Labute approximate surface area is 98.9 Å². The van der Waals surface area contributed by atoms with Crippen LogP contribution < -0.4 is 5.73 Å². The molecule has 0 aliphatic carbocycles. The average molecular weight is 234 g/mol. The lowest BCUT2D eigenvalue weighted by Crippen LogP contribution is -1.99. The maximum Gasteiger partial charge on any atom is 0.123 e. The van der Waals surface area contributed by atoms with Gasteiger partial charge >= 0.3 is 0 Å². The molecule has 2 aromatic rings. The second-order valence-electron chi connectivity index (χ2n) is 3.46. The van der Waals surface area contributed by atoms with E-state index < -0.39 is 0 Å². The monoisotopic (exact) mass is 234 g/mol. The molecule has 0 saturated carbocycles. The van der Waals surface area contributed by atoms with Crippen LogP contribution in [0.25, 0.3) is 0 Å². The van der Waals surface area contributed by atoms with Gasteiger partial charge in [0.05, 0.1) is 0 Å². The van der Waals surface area contributed by atoms with Crippen LogP contribution >= 0.6 is 11.8 Å². The third kappa shape index (κ3) is 2.76. The van der Waals surface area contributed by atoms with Gasteiger partial charge in [0.2, 0.25) is 0 Å². The van der Waals surface area contributed by atoms with Gasteiger partial charge in [-0.15, -0.1) is 11.8 Å². The zero-order valence-electron chi connectivity index (χ0n) is 9.13. The minimum atomic E-state index is 0.566. The Kier molecular flexibility index (Phi) is 3.46. The minimum absolute atomic E-state index is 0.566. The van der Waals surface area contributed by atoms with Crippen molar-refractivity contribution >= 4 is 17.6 Å². The predicted molar refractivity (Wildman–Crippen MR) is 66.3 cm³/mol. The Hall–Kier alpha value is -1.49. The van der Waals surface area contributed by atoms with Crippen molar-refractivity contribution in [2.24, 2.45) is 7.05 Å². The van der Waals surface area contributed by atoms with Crippen LogP contribution in [0.15, 0.2) is 35.5 Å². The third-order valence-electron chi connectivity index (χ3n) is 2.31. The molecule has 0 spiro atoms. The molecule has 4 nitrogen and oxygen atoms in total. The van der Waals surface area contributed by atoms with Crippen molar-refractivity contribution < 1.29 is 0 Å². The van der Waals surface area contributed by atoms with E-state index in [-0.39, 0.29) is 0 Å². The lowest BCUT2D eigenvalue weighted by atomic mass is 10.3. The van der Waals surface area contributed by atoms with E-state index in [4.69, 9.17) is 5.73 Å². The number of hydrogen-bond donors (Lipinski definition) is 1. The summed E-state index contributed by atoms with van der Waals surface area (Å²) in [6.45, 7) is 0. The lowest BCUT2D eigenvalue weighted by molar-refractivity contribution is 0.720. The summed E-state index contributed by atoms with van der Waals surface area (Å²) in [7, 11) is 1.96. The van der Waals surface area contributed by atoms with Crippen molar-refractivity contribution in [1.29, 1.82) is 0 Å². The van der Waals surface area contributed by atoms with E-state index in [1.54, 1.807) is 11.8 Å². The van der Waals surface area contributed by atoms with Gasteiger partial charge < -0.3 is 5.73 Å². The summed E-state index contributed by atoms with van der Waals surface area (Å²) in [6.07, 6.45) is 4.64. The molecule has 2 heterocycles. The van der Waals surface area contributed by atoms with E-state index in [2.05, 4.69) is 10.1 Å². The number of aryl methyl sites for hydroxylation is 2. The molecule has 0 radical (unpaired) electrons. The Morgan fingerprint density at radius 3 is 2.88 bits per heavy atom. The average Bonchev–Trinajstić information content (AvgIpc) is 2.68. The van der Waals surface area contributed by atoms with Crippen LogP contribution in [-0.4, -0.2) is 20.5 Å². The molecule has 16 heavy (non-hydrogen) atoms. The number of rotatable bonds is 4. The van der Waals surface area contributed by atoms with Crippen molar-refractivity contribution in [2.45, 2.75) is 11.3 Å². The smallest absolute Gasteiger partial charge is 0.123 e. The maximum atomic E-state index is 5.52. The van der Waals surface area contributed by atoms with Crippen molar-refractivity contribution in [3.63, 3.8) is 0 Å². The molecule has 0 unspecified atom stereocenters. The number of nitrogens with two attached hydrogens (primary N) is 1. The van der Waals surface area contributed by atoms with Crippen LogP contribution in [0.2, 0.25) is 0 Å². The highest BCUT2D eigenvalue weighted by atomic mass is 32.2. The first-order valence-corrected chi connectivity index (χ1v) is 6.05. The SMILES string of the molecule is Cn1nccc1CCSc1ccc(N)nc1. The highest BCUT2D eigenvalue weighted by Crippen LogP contribution is 2.18. The van der Waals surface area contributed by atoms with Crippen LogP contribution in [-0.2, 0) is 13.5 Å². The van der Waals surface area contributed by atoms with Crippen LogP contribution in [0.1, 0.15) is 5.69 Å². The molecule has 84 valence electrons. The number of aromatic nitrogens is 3. The van der Waals surface area contributed by atoms with Crippen molar-refractivity contribution in [3.05, 3.63) is 36.3 Å². The van der Waals surface area contributed by atoms with Crippen molar-refractivity contribution in [1.82, 2.24) is 14.8 Å². The number of hydrogen-bond acceptors (Lipinski definition) is 4. The fourth-order valence-corrected chi connectivity index (χ4v) is 2.24. The zero-order valence-corrected chi connectivity index (χ0v) is 9.94. The largest absolute Gasteiger partial charge is 0.384 e. The van der Waals surface area contributed by atoms with Gasteiger partial charge in [-0.25, -0.2) is 4.98 Å². The summed E-state index contributed by atoms with van der Waals surface area (Å²) in [5, 5.41) is 4.13. The fraction of sp³-hybridized carbons (Fsp3) is 0.273. The van der Waals surface area contributed by atoms with E-state index in [0.717, 1.165) is 17.1 Å². The third-order valence-corrected chi connectivity index (χ3v) is 3.29. The normalized spacial score (nSPS) is 10.6. The summed E-state index contributed by atoms with van der Waals surface area (Å²) in [4.78, 5) is 5.20. The predicted octanol–water partition coefficient (Wildman–Crippen LogP) is 1.73. The molecule has 5 heteroatoms. The van der Waals surface area contributed by atoms with E-state index in [1.165, 1.54) is 5.69 Å². The van der Waals surface area contributed by atoms with Gasteiger partial charge in [0.15, 0.2) is 0 Å². The number of pyridine rings is 1. The fourth-order valence-electron chi connectivity index (χ4n) is 1.40. The molecule has 0 fully saturated rings. The molecule has 0 amide bonds. The minimum Gasteiger partial charge on any atom is -0.384 e. The summed E-state index contributed by atoms with van der Waals surface area (Å²) in [6, 6.07) is 5.87. The van der Waals surface area contributed by atoms with Crippen LogP contribution in [0, 0.1) is 0 Å². The molecule has 0 aliphatic rings. The van der Waals surface area contributed by atoms with E-state index in [0.29, 0.717) is 5.82 Å². The number of nitrogen functional groups attached to an aromatic ring is 1. The first kappa shape index (κ1) is 11.0. The molecular weight excluding hydrogens is 220 g/mol. The highest BCUT2D eigenvalue weighted by Gasteiger charge is 1.99. The molecule has 0 bridgehead atoms. The summed E-state index contributed by atoms with van der Waals surface area (Å²) < 4.78 is 1.90. The molecule has 2 rings (SSSR count). The quantitative estimate of drug-likeness (QED) is 0.819. The number of thioether (sulfide) groups is 1. The van der Waals surface area contributed by atoms with Gasteiger partial charge in [0.1, 0.15) is 5.82 Å². The van der Waals surface area contributed by atoms with Gasteiger partial charge in [0.25, 0.3) is 0 Å². The van der Waals surface area contributed by atoms with E-state index >= 15 is 0 Å². The van der Waals surface area contributed by atoms with Gasteiger partial charge in [-0.05, 0) is 24.6 Å². The molecular formula is C11H14N4S. The second kappa shape index (κ2) is 5.03. The number of anilines is 1. The molecule has 0 saturated heterocycles. The maximum absolute atomic E-state index is 5.52.